The maximum absolute atomic E-state index is 13.2. The van der Waals surface area contributed by atoms with Gasteiger partial charge in [-0.2, -0.15) is 0 Å². The second-order valence-electron chi connectivity index (χ2n) is 2.77. The van der Waals surface area contributed by atoms with Gasteiger partial charge in [0.1, 0.15) is 5.82 Å². The highest BCUT2D eigenvalue weighted by molar-refractivity contribution is 7.99. The minimum Gasteiger partial charge on any atom is -0.298 e. The van der Waals surface area contributed by atoms with Gasteiger partial charge >= 0.3 is 0 Å². The second-order valence-corrected chi connectivity index (χ2v) is 4.46. The van der Waals surface area contributed by atoms with E-state index in [2.05, 4.69) is 0 Å². The molecule has 0 atom stereocenters. The molecule has 1 aromatic heterocycles. The topological polar surface area (TPSA) is 17.1 Å². The molecule has 4 heteroatoms. The summed E-state index contributed by atoms with van der Waals surface area (Å²) >= 11 is 2.82. The van der Waals surface area contributed by atoms with E-state index >= 15 is 0 Å². The average molecular weight is 226 g/mol. The van der Waals surface area contributed by atoms with Crippen molar-refractivity contribution in [3.8, 4) is 0 Å². The molecule has 2 rings (SSSR count). The Morgan fingerprint density at radius 2 is 2.29 bits per heavy atom. The molecule has 0 amide bonds. The fourth-order valence-electron chi connectivity index (χ4n) is 1.36. The lowest BCUT2D eigenvalue weighted by atomic mass is 10.2. The van der Waals surface area contributed by atoms with Crippen LogP contribution in [0.1, 0.15) is 10.4 Å². The van der Waals surface area contributed by atoms with Crippen molar-refractivity contribution >= 4 is 39.5 Å². The zero-order valence-corrected chi connectivity index (χ0v) is 9.05. The minimum atomic E-state index is -0.210. The fourth-order valence-corrected chi connectivity index (χ4v) is 3.27. The van der Waals surface area contributed by atoms with E-state index in [-0.39, 0.29) is 5.82 Å². The monoisotopic (exact) mass is 226 g/mol. The van der Waals surface area contributed by atoms with Crippen LogP contribution in [0.25, 0.3) is 10.1 Å². The molecule has 1 nitrogen and oxygen atoms in total. The Labute approximate surface area is 88.9 Å². The molecule has 0 spiro atoms. The molecule has 0 N–H and O–H groups in total. The lowest BCUT2D eigenvalue weighted by Crippen LogP contribution is -1.84. The molecule has 0 saturated heterocycles. The summed E-state index contributed by atoms with van der Waals surface area (Å²) in [6.07, 6.45) is 2.70. The highest BCUT2D eigenvalue weighted by Crippen LogP contribution is 2.34. The first-order valence-corrected chi connectivity index (χ1v) is 6.07. The van der Waals surface area contributed by atoms with E-state index in [1.165, 1.54) is 28.5 Å². The van der Waals surface area contributed by atoms with Crippen LogP contribution in [0, 0.1) is 5.82 Å². The van der Waals surface area contributed by atoms with Crippen molar-refractivity contribution < 1.29 is 9.18 Å². The van der Waals surface area contributed by atoms with Gasteiger partial charge in [-0.25, -0.2) is 4.39 Å². The van der Waals surface area contributed by atoms with E-state index in [4.69, 9.17) is 0 Å². The van der Waals surface area contributed by atoms with Crippen LogP contribution >= 0.6 is 23.1 Å². The number of aldehydes is 1. The van der Waals surface area contributed by atoms with E-state index < -0.39 is 0 Å². The summed E-state index contributed by atoms with van der Waals surface area (Å²) in [5.41, 5.74) is 0.631. The van der Waals surface area contributed by atoms with Gasteiger partial charge in [0.25, 0.3) is 0 Å². The third-order valence-electron chi connectivity index (χ3n) is 2.01. The molecule has 1 heterocycles. The van der Waals surface area contributed by atoms with Gasteiger partial charge in [-0.3, -0.25) is 4.79 Å². The van der Waals surface area contributed by atoms with Crippen LogP contribution in [0.4, 0.5) is 4.39 Å². The summed E-state index contributed by atoms with van der Waals surface area (Å²) in [5, 5.41) is 2.07. The Morgan fingerprint density at radius 1 is 1.50 bits per heavy atom. The largest absolute Gasteiger partial charge is 0.298 e. The molecule has 72 valence electrons. The number of carbonyl (C=O) groups is 1. The van der Waals surface area contributed by atoms with Crippen molar-refractivity contribution in [2.75, 3.05) is 6.26 Å². The van der Waals surface area contributed by atoms with E-state index in [0.717, 1.165) is 15.9 Å². The van der Waals surface area contributed by atoms with Crippen molar-refractivity contribution in [1.29, 1.82) is 0 Å². The Morgan fingerprint density at radius 3 is 2.93 bits per heavy atom. The van der Waals surface area contributed by atoms with Crippen LogP contribution in [0.2, 0.25) is 0 Å². The van der Waals surface area contributed by atoms with E-state index in [0.29, 0.717) is 10.9 Å². The SMILES string of the molecule is CSc1c(C=O)ccc2c(F)csc12. The number of halogens is 1. The Balaban J connectivity index is 2.84. The predicted octanol–water partition coefficient (Wildman–Crippen LogP) is 3.57. The van der Waals surface area contributed by atoms with Gasteiger partial charge in [-0.05, 0) is 18.4 Å². The van der Waals surface area contributed by atoms with Crippen molar-refractivity contribution in [1.82, 2.24) is 0 Å². The smallest absolute Gasteiger partial charge is 0.151 e. The molecule has 14 heavy (non-hydrogen) atoms. The van der Waals surface area contributed by atoms with Gasteiger partial charge in [0, 0.05) is 21.2 Å². The first kappa shape index (κ1) is 9.68. The molecular weight excluding hydrogens is 219 g/mol. The number of thioether (sulfide) groups is 1. The lowest BCUT2D eigenvalue weighted by molar-refractivity contribution is 0.112. The zero-order valence-electron chi connectivity index (χ0n) is 7.41. The van der Waals surface area contributed by atoms with Crippen molar-refractivity contribution in [2.45, 2.75) is 4.90 Å². The number of hydrogen-bond acceptors (Lipinski definition) is 3. The zero-order chi connectivity index (χ0) is 10.1. The molecule has 0 saturated carbocycles. The summed E-state index contributed by atoms with van der Waals surface area (Å²) < 4.78 is 14.1. The first-order chi connectivity index (χ1) is 6.77. The number of rotatable bonds is 2. The molecule has 0 unspecified atom stereocenters. The fraction of sp³-hybridized carbons (Fsp3) is 0.100. The Hall–Kier alpha value is -0.870. The maximum Gasteiger partial charge on any atom is 0.151 e. The van der Waals surface area contributed by atoms with E-state index in [1.54, 1.807) is 12.1 Å². The Bertz CT molecular complexity index is 490. The third-order valence-corrected chi connectivity index (χ3v) is 3.97. The number of benzene rings is 1. The minimum absolute atomic E-state index is 0.210. The quantitative estimate of drug-likeness (QED) is 0.575. The first-order valence-electron chi connectivity index (χ1n) is 3.96. The van der Waals surface area contributed by atoms with E-state index in [9.17, 15) is 9.18 Å². The maximum atomic E-state index is 13.2. The molecule has 2 aromatic rings. The van der Waals surface area contributed by atoms with Crippen molar-refractivity contribution in [3.63, 3.8) is 0 Å². The van der Waals surface area contributed by atoms with Crippen LogP contribution < -0.4 is 0 Å². The summed E-state index contributed by atoms with van der Waals surface area (Å²) in [4.78, 5) is 11.6. The molecular formula is C10H7FOS2. The highest BCUT2D eigenvalue weighted by atomic mass is 32.2. The van der Waals surface area contributed by atoms with Crippen molar-refractivity contribution in [3.05, 3.63) is 28.9 Å². The van der Waals surface area contributed by atoms with Gasteiger partial charge in [-0.15, -0.1) is 23.1 Å². The molecule has 0 aliphatic rings. The summed E-state index contributed by atoms with van der Waals surface area (Å²) in [7, 11) is 0. The molecule has 0 aliphatic carbocycles. The summed E-state index contributed by atoms with van der Waals surface area (Å²) in [6.45, 7) is 0. The summed E-state index contributed by atoms with van der Waals surface area (Å²) in [5.74, 6) is -0.210. The van der Waals surface area contributed by atoms with Crippen molar-refractivity contribution in [2.24, 2.45) is 0 Å². The van der Waals surface area contributed by atoms with Gasteiger partial charge in [0.2, 0.25) is 0 Å². The third kappa shape index (κ3) is 1.35. The van der Waals surface area contributed by atoms with Crippen LogP contribution in [0.15, 0.2) is 22.4 Å². The predicted molar refractivity (Wildman–Crippen MR) is 59.0 cm³/mol. The summed E-state index contributed by atoms with van der Waals surface area (Å²) in [6, 6.07) is 3.32. The van der Waals surface area contributed by atoms with Crippen LogP contribution in [0.3, 0.4) is 0 Å². The van der Waals surface area contributed by atoms with E-state index in [1.807, 2.05) is 6.26 Å². The van der Waals surface area contributed by atoms with Crippen LogP contribution in [-0.4, -0.2) is 12.5 Å². The number of carbonyl (C=O) groups excluding carboxylic acids is 1. The highest BCUT2D eigenvalue weighted by Gasteiger charge is 2.10. The standard InChI is InChI=1S/C10H7FOS2/c1-13-9-6(4-12)2-3-7-8(11)5-14-10(7)9/h2-5H,1H3. The van der Waals surface area contributed by atoms with Crippen LogP contribution in [0.5, 0.6) is 0 Å². The van der Waals surface area contributed by atoms with Gasteiger partial charge in [0.15, 0.2) is 6.29 Å². The van der Waals surface area contributed by atoms with Gasteiger partial charge in [-0.1, -0.05) is 0 Å². The molecule has 1 aromatic carbocycles. The van der Waals surface area contributed by atoms with Gasteiger partial charge < -0.3 is 0 Å². The Kier molecular flexibility index (Phi) is 2.56. The lowest BCUT2D eigenvalue weighted by Gasteiger charge is -2.01. The number of hydrogen-bond donors (Lipinski definition) is 0. The van der Waals surface area contributed by atoms with Crippen LogP contribution in [-0.2, 0) is 0 Å². The number of fused-ring (bicyclic) bond motifs is 1. The molecule has 0 radical (unpaired) electrons. The van der Waals surface area contributed by atoms with Gasteiger partial charge in [0.05, 0.1) is 4.70 Å². The molecule has 0 aliphatic heterocycles. The number of thiophene rings is 1. The molecule has 0 fully saturated rings. The average Bonchev–Trinajstić information content (AvgIpc) is 2.59. The second kappa shape index (κ2) is 3.71. The molecule has 0 bridgehead atoms. The normalized spacial score (nSPS) is 10.7.